The first-order chi connectivity index (χ1) is 9.28. The largest absolute Gasteiger partial charge is 0.401 e. The fourth-order valence-electron chi connectivity index (χ4n) is 2.28. The minimum Gasteiger partial charge on any atom is -0.326 e. The number of hydrogen-bond acceptors (Lipinski definition) is 2. The molecule has 20 heavy (non-hydrogen) atoms. The van der Waals surface area contributed by atoms with E-state index in [9.17, 15) is 17.6 Å². The zero-order valence-electron chi connectivity index (χ0n) is 11.6. The molecule has 0 amide bonds. The molecular formula is C14H20F4N2. The van der Waals surface area contributed by atoms with Crippen molar-refractivity contribution in [2.24, 2.45) is 5.73 Å². The van der Waals surface area contributed by atoms with E-state index in [1.807, 2.05) is 0 Å². The second-order valence-corrected chi connectivity index (χ2v) is 4.75. The summed E-state index contributed by atoms with van der Waals surface area (Å²) in [7, 11) is 0. The van der Waals surface area contributed by atoms with Gasteiger partial charge in [0.05, 0.1) is 12.6 Å². The molecule has 0 saturated heterocycles. The van der Waals surface area contributed by atoms with Gasteiger partial charge in [0.1, 0.15) is 5.82 Å². The van der Waals surface area contributed by atoms with Gasteiger partial charge in [-0.2, -0.15) is 13.2 Å². The molecule has 0 spiro atoms. The quantitative estimate of drug-likeness (QED) is 0.813. The molecule has 0 aromatic heterocycles. The predicted molar refractivity (Wildman–Crippen MR) is 70.7 cm³/mol. The second-order valence-electron chi connectivity index (χ2n) is 4.75. The molecule has 0 aliphatic carbocycles. The van der Waals surface area contributed by atoms with Gasteiger partial charge in [0.15, 0.2) is 0 Å². The van der Waals surface area contributed by atoms with Crippen LogP contribution in [0.2, 0.25) is 0 Å². The third kappa shape index (κ3) is 4.76. The molecule has 1 aromatic rings. The Morgan fingerprint density at radius 3 is 2.35 bits per heavy atom. The fraction of sp³-hybridized carbons (Fsp3) is 0.571. The first kappa shape index (κ1) is 16.9. The third-order valence-corrected chi connectivity index (χ3v) is 3.25. The van der Waals surface area contributed by atoms with Gasteiger partial charge >= 0.3 is 6.18 Å². The van der Waals surface area contributed by atoms with E-state index in [-0.39, 0.29) is 6.54 Å². The van der Waals surface area contributed by atoms with Gasteiger partial charge in [0, 0.05) is 6.04 Å². The Hall–Kier alpha value is -1.14. The molecule has 0 bridgehead atoms. The van der Waals surface area contributed by atoms with Gasteiger partial charge in [-0.25, -0.2) is 4.39 Å². The number of nitrogens with zero attached hydrogens (tertiary/aromatic N) is 1. The molecule has 2 nitrogen and oxygen atoms in total. The van der Waals surface area contributed by atoms with Crippen molar-refractivity contribution in [1.29, 1.82) is 0 Å². The van der Waals surface area contributed by atoms with Gasteiger partial charge in [0.25, 0.3) is 0 Å². The van der Waals surface area contributed by atoms with Gasteiger partial charge in [0.2, 0.25) is 0 Å². The highest BCUT2D eigenvalue weighted by atomic mass is 19.4. The Morgan fingerprint density at radius 2 is 1.90 bits per heavy atom. The number of rotatable bonds is 6. The Balaban J connectivity index is 3.10. The van der Waals surface area contributed by atoms with Crippen molar-refractivity contribution >= 4 is 0 Å². The van der Waals surface area contributed by atoms with E-state index in [0.717, 1.165) is 0 Å². The van der Waals surface area contributed by atoms with E-state index in [1.165, 1.54) is 23.1 Å². The van der Waals surface area contributed by atoms with Crippen LogP contribution in [0.3, 0.4) is 0 Å². The van der Waals surface area contributed by atoms with Crippen molar-refractivity contribution < 1.29 is 17.6 Å². The van der Waals surface area contributed by atoms with E-state index >= 15 is 0 Å². The van der Waals surface area contributed by atoms with Crippen molar-refractivity contribution in [3.63, 3.8) is 0 Å². The zero-order valence-corrected chi connectivity index (χ0v) is 11.6. The van der Waals surface area contributed by atoms with Crippen LogP contribution >= 0.6 is 0 Å². The number of hydrogen-bond donors (Lipinski definition) is 1. The lowest BCUT2D eigenvalue weighted by molar-refractivity contribution is -0.151. The Labute approximate surface area is 116 Å². The maximum Gasteiger partial charge on any atom is 0.401 e. The SMILES string of the molecule is CCC(N)C(c1cccc(F)c1)N(CC)CC(F)(F)F. The molecule has 2 N–H and O–H groups in total. The Bertz CT molecular complexity index is 420. The molecule has 6 heteroatoms. The van der Waals surface area contributed by atoms with Gasteiger partial charge in [-0.1, -0.05) is 26.0 Å². The number of benzene rings is 1. The van der Waals surface area contributed by atoms with Crippen molar-refractivity contribution in [3.05, 3.63) is 35.6 Å². The monoisotopic (exact) mass is 292 g/mol. The lowest BCUT2D eigenvalue weighted by Crippen LogP contribution is -2.44. The number of likely N-dealkylation sites (N-methyl/N-ethyl adjacent to an activating group) is 1. The third-order valence-electron chi connectivity index (χ3n) is 3.25. The summed E-state index contributed by atoms with van der Waals surface area (Å²) in [4.78, 5) is 1.24. The molecule has 2 unspecified atom stereocenters. The molecular weight excluding hydrogens is 272 g/mol. The minimum absolute atomic E-state index is 0.189. The molecule has 2 atom stereocenters. The lowest BCUT2D eigenvalue weighted by Gasteiger charge is -2.35. The fourth-order valence-corrected chi connectivity index (χ4v) is 2.28. The first-order valence-electron chi connectivity index (χ1n) is 6.60. The maximum atomic E-state index is 13.3. The normalized spacial score (nSPS) is 15.4. The molecule has 114 valence electrons. The topological polar surface area (TPSA) is 29.3 Å². The molecule has 0 aliphatic heterocycles. The summed E-state index contributed by atoms with van der Waals surface area (Å²) in [6.45, 7) is 2.57. The molecule has 0 saturated carbocycles. The second kappa shape index (κ2) is 7.04. The van der Waals surface area contributed by atoms with Crippen LogP contribution in [-0.4, -0.2) is 30.2 Å². The highest BCUT2D eigenvalue weighted by molar-refractivity contribution is 5.22. The Kier molecular flexibility index (Phi) is 5.95. The highest BCUT2D eigenvalue weighted by Gasteiger charge is 2.35. The lowest BCUT2D eigenvalue weighted by atomic mass is 9.96. The smallest absolute Gasteiger partial charge is 0.326 e. The van der Waals surface area contributed by atoms with Crippen LogP contribution in [-0.2, 0) is 0 Å². The summed E-state index contributed by atoms with van der Waals surface area (Å²) in [5.41, 5.74) is 6.44. The predicted octanol–water partition coefficient (Wildman–Crippen LogP) is 3.49. The van der Waals surface area contributed by atoms with Crippen LogP contribution in [0, 0.1) is 5.82 Å². The highest BCUT2D eigenvalue weighted by Crippen LogP contribution is 2.29. The van der Waals surface area contributed by atoms with E-state index < -0.39 is 30.6 Å². The van der Waals surface area contributed by atoms with Crippen LogP contribution in [0.5, 0.6) is 0 Å². The van der Waals surface area contributed by atoms with Crippen LogP contribution in [0.25, 0.3) is 0 Å². The van der Waals surface area contributed by atoms with Gasteiger partial charge < -0.3 is 5.73 Å². The van der Waals surface area contributed by atoms with E-state index in [4.69, 9.17) is 5.73 Å². The average Bonchev–Trinajstić information content (AvgIpc) is 2.36. The van der Waals surface area contributed by atoms with Crippen LogP contribution in [0.4, 0.5) is 17.6 Å². The first-order valence-corrected chi connectivity index (χ1v) is 6.60. The van der Waals surface area contributed by atoms with E-state index in [0.29, 0.717) is 12.0 Å². The number of nitrogens with two attached hydrogens (primary N) is 1. The van der Waals surface area contributed by atoms with E-state index in [2.05, 4.69) is 0 Å². The molecule has 1 rings (SSSR count). The number of alkyl halides is 3. The van der Waals surface area contributed by atoms with Crippen molar-refractivity contribution in [2.45, 2.75) is 38.5 Å². The summed E-state index contributed by atoms with van der Waals surface area (Å²) in [6, 6.07) is 4.47. The van der Waals surface area contributed by atoms with Gasteiger partial charge in [-0.05, 0) is 30.7 Å². The van der Waals surface area contributed by atoms with Crippen molar-refractivity contribution in [2.75, 3.05) is 13.1 Å². The molecule has 0 heterocycles. The van der Waals surface area contributed by atoms with Crippen molar-refractivity contribution in [3.8, 4) is 0 Å². The van der Waals surface area contributed by atoms with Crippen LogP contribution in [0.1, 0.15) is 31.9 Å². The van der Waals surface area contributed by atoms with Gasteiger partial charge in [-0.15, -0.1) is 0 Å². The Morgan fingerprint density at radius 1 is 1.25 bits per heavy atom. The van der Waals surface area contributed by atoms with Crippen LogP contribution in [0.15, 0.2) is 24.3 Å². The number of halogens is 4. The molecule has 1 aromatic carbocycles. The summed E-state index contributed by atoms with van der Waals surface area (Å²) in [5.74, 6) is -0.473. The summed E-state index contributed by atoms with van der Waals surface area (Å²) >= 11 is 0. The van der Waals surface area contributed by atoms with Crippen molar-refractivity contribution in [1.82, 2.24) is 4.90 Å². The van der Waals surface area contributed by atoms with Gasteiger partial charge in [-0.3, -0.25) is 4.90 Å². The summed E-state index contributed by atoms with van der Waals surface area (Å²) < 4.78 is 51.3. The minimum atomic E-state index is -4.31. The zero-order chi connectivity index (χ0) is 15.3. The average molecular weight is 292 g/mol. The molecule has 0 fully saturated rings. The molecule has 0 aliphatic rings. The maximum absolute atomic E-state index is 13.3. The van der Waals surface area contributed by atoms with Crippen LogP contribution < -0.4 is 5.73 Å². The standard InChI is InChI=1S/C14H20F4N2/c1-3-12(19)13(10-6-5-7-11(15)8-10)20(4-2)9-14(16,17)18/h5-8,12-13H,3-4,9,19H2,1-2H3. The molecule has 0 radical (unpaired) electrons. The summed E-state index contributed by atoms with van der Waals surface area (Å²) in [6.07, 6.45) is -3.80. The summed E-state index contributed by atoms with van der Waals surface area (Å²) in [5, 5.41) is 0. The van der Waals surface area contributed by atoms with E-state index in [1.54, 1.807) is 19.9 Å².